The lowest BCUT2D eigenvalue weighted by molar-refractivity contribution is -0.131. The molecule has 174 valence electrons. The molecule has 0 aromatic heterocycles. The third kappa shape index (κ3) is 5.22. The van der Waals surface area contributed by atoms with Gasteiger partial charge in [-0.2, -0.15) is 17.0 Å². The molecule has 2 aliphatic heterocycles. The summed E-state index contributed by atoms with van der Waals surface area (Å²) in [6, 6.07) is 3.51. The highest BCUT2D eigenvalue weighted by Gasteiger charge is 2.34. The number of benzene rings is 1. The van der Waals surface area contributed by atoms with Gasteiger partial charge in [-0.3, -0.25) is 4.79 Å². The molecule has 11 heteroatoms. The number of hydrogen-bond donors (Lipinski definition) is 0. The molecule has 3 rings (SSSR count). The Kier molecular flexibility index (Phi) is 7.63. The maximum Gasteiger partial charge on any atom is 0.282 e. The first-order valence-corrected chi connectivity index (χ1v) is 11.7. The van der Waals surface area contributed by atoms with Gasteiger partial charge in [0, 0.05) is 52.4 Å². The second-order valence-corrected chi connectivity index (χ2v) is 9.63. The number of ether oxygens (including phenoxy) is 3. The van der Waals surface area contributed by atoms with Gasteiger partial charge in [-0.1, -0.05) is 0 Å². The molecule has 0 spiro atoms. The number of hydrogen-bond acceptors (Lipinski definition) is 7. The molecule has 0 aliphatic carbocycles. The highest BCUT2D eigenvalue weighted by molar-refractivity contribution is 7.86. The summed E-state index contributed by atoms with van der Waals surface area (Å²) in [5.41, 5.74) is 0.743. The molecule has 0 bridgehead atoms. The van der Waals surface area contributed by atoms with E-state index in [2.05, 4.69) is 4.90 Å². The van der Waals surface area contributed by atoms with Gasteiger partial charge in [-0.15, -0.1) is 0 Å². The van der Waals surface area contributed by atoms with Crippen molar-refractivity contribution in [3.8, 4) is 17.2 Å². The summed E-state index contributed by atoms with van der Waals surface area (Å²) in [5.74, 6) is 1.40. The van der Waals surface area contributed by atoms with Crippen molar-refractivity contribution in [2.75, 3.05) is 80.7 Å². The molecule has 2 fully saturated rings. The Labute approximate surface area is 184 Å². The van der Waals surface area contributed by atoms with Crippen molar-refractivity contribution in [2.24, 2.45) is 0 Å². The van der Waals surface area contributed by atoms with E-state index in [1.54, 1.807) is 21.3 Å². The van der Waals surface area contributed by atoms with E-state index >= 15 is 0 Å². The number of amides is 1. The first-order valence-electron chi connectivity index (χ1n) is 10.3. The summed E-state index contributed by atoms with van der Waals surface area (Å²) in [7, 11) is 3.09. The highest BCUT2D eigenvalue weighted by atomic mass is 32.2. The van der Waals surface area contributed by atoms with E-state index in [-0.39, 0.29) is 12.3 Å². The van der Waals surface area contributed by atoms with Crippen LogP contribution < -0.4 is 14.2 Å². The van der Waals surface area contributed by atoms with Gasteiger partial charge < -0.3 is 24.0 Å². The van der Waals surface area contributed by atoms with Crippen LogP contribution in [0.2, 0.25) is 0 Å². The van der Waals surface area contributed by atoms with Crippen LogP contribution in [0.15, 0.2) is 12.1 Å². The van der Waals surface area contributed by atoms with Crippen molar-refractivity contribution < 1.29 is 27.4 Å². The molecule has 1 aromatic rings. The average molecular weight is 457 g/mol. The number of carbonyl (C=O) groups is 1. The predicted molar refractivity (Wildman–Crippen MR) is 116 cm³/mol. The summed E-state index contributed by atoms with van der Waals surface area (Å²) >= 11 is 0. The fourth-order valence-corrected chi connectivity index (χ4v) is 5.45. The molecule has 0 saturated carbocycles. The summed E-state index contributed by atoms with van der Waals surface area (Å²) in [6.45, 7) is 3.80. The SMILES string of the molecule is COc1cc(CC(=O)N2CCN(S(=O)(=O)N3CCN(C)CC3)CC2)cc(OC)c1OC. The molecule has 0 unspecified atom stereocenters. The first kappa shape index (κ1) is 23.6. The Bertz CT molecular complexity index is 853. The third-order valence-corrected chi connectivity index (χ3v) is 7.82. The van der Waals surface area contributed by atoms with E-state index in [0.717, 1.165) is 18.7 Å². The summed E-state index contributed by atoms with van der Waals surface area (Å²) in [4.78, 5) is 16.7. The summed E-state index contributed by atoms with van der Waals surface area (Å²) < 4.78 is 44.9. The number of rotatable bonds is 7. The van der Waals surface area contributed by atoms with Crippen LogP contribution in [0, 0.1) is 0 Å². The quantitative estimate of drug-likeness (QED) is 0.565. The minimum atomic E-state index is -3.49. The van der Waals surface area contributed by atoms with Crippen molar-refractivity contribution in [3.05, 3.63) is 17.7 Å². The second kappa shape index (κ2) is 10.0. The Balaban J connectivity index is 1.61. The Morgan fingerprint density at radius 1 is 0.839 bits per heavy atom. The average Bonchev–Trinajstić information content (AvgIpc) is 2.78. The van der Waals surface area contributed by atoms with Crippen molar-refractivity contribution in [3.63, 3.8) is 0 Å². The van der Waals surface area contributed by atoms with Gasteiger partial charge in [0.25, 0.3) is 10.2 Å². The van der Waals surface area contributed by atoms with Gasteiger partial charge in [-0.05, 0) is 24.7 Å². The first-order chi connectivity index (χ1) is 14.8. The zero-order chi connectivity index (χ0) is 22.6. The maximum atomic E-state index is 12.9. The van der Waals surface area contributed by atoms with Crippen LogP contribution in [0.3, 0.4) is 0 Å². The van der Waals surface area contributed by atoms with Crippen molar-refractivity contribution >= 4 is 16.1 Å². The van der Waals surface area contributed by atoms with Crippen LogP contribution in [0.4, 0.5) is 0 Å². The zero-order valence-corrected chi connectivity index (χ0v) is 19.5. The van der Waals surface area contributed by atoms with Crippen LogP contribution in [0.5, 0.6) is 17.2 Å². The van der Waals surface area contributed by atoms with Crippen LogP contribution >= 0.6 is 0 Å². The van der Waals surface area contributed by atoms with Gasteiger partial charge in [0.15, 0.2) is 11.5 Å². The number of carbonyl (C=O) groups excluding carboxylic acids is 1. The van der Waals surface area contributed by atoms with E-state index in [0.29, 0.717) is 56.5 Å². The lowest BCUT2D eigenvalue weighted by Gasteiger charge is -2.39. The smallest absolute Gasteiger partial charge is 0.282 e. The van der Waals surface area contributed by atoms with Gasteiger partial charge in [-0.25, -0.2) is 0 Å². The number of methoxy groups -OCH3 is 3. The van der Waals surface area contributed by atoms with Crippen LogP contribution in [0.1, 0.15) is 5.56 Å². The van der Waals surface area contributed by atoms with E-state index < -0.39 is 10.2 Å². The van der Waals surface area contributed by atoms with Crippen LogP contribution in [-0.2, 0) is 21.4 Å². The number of likely N-dealkylation sites (N-methyl/N-ethyl adjacent to an activating group) is 1. The fraction of sp³-hybridized carbons (Fsp3) is 0.650. The van der Waals surface area contributed by atoms with E-state index in [9.17, 15) is 13.2 Å². The molecule has 0 radical (unpaired) electrons. The molecule has 2 saturated heterocycles. The molecule has 0 atom stereocenters. The molecule has 2 heterocycles. The van der Waals surface area contributed by atoms with Crippen molar-refractivity contribution in [1.82, 2.24) is 18.4 Å². The lowest BCUT2D eigenvalue weighted by Crippen LogP contribution is -2.57. The van der Waals surface area contributed by atoms with Gasteiger partial charge in [0.05, 0.1) is 27.8 Å². The minimum absolute atomic E-state index is 0.0640. The minimum Gasteiger partial charge on any atom is -0.493 e. The lowest BCUT2D eigenvalue weighted by atomic mass is 10.1. The number of nitrogens with zero attached hydrogens (tertiary/aromatic N) is 4. The Morgan fingerprint density at radius 3 is 1.77 bits per heavy atom. The largest absolute Gasteiger partial charge is 0.493 e. The Hall–Kier alpha value is -2.08. The zero-order valence-electron chi connectivity index (χ0n) is 18.7. The topological polar surface area (TPSA) is 91.9 Å². The fourth-order valence-electron chi connectivity index (χ4n) is 3.87. The molecule has 31 heavy (non-hydrogen) atoms. The van der Waals surface area contributed by atoms with E-state index in [1.807, 2.05) is 7.05 Å². The Morgan fingerprint density at radius 2 is 1.32 bits per heavy atom. The molecule has 1 amide bonds. The molecule has 10 nitrogen and oxygen atoms in total. The standard InChI is InChI=1S/C20H32N4O6S/c1-21-5-9-23(10-6-21)31(26,27)24-11-7-22(8-12-24)19(25)15-16-13-17(28-2)20(30-4)18(14-16)29-3/h13-14H,5-12,15H2,1-4H3. The third-order valence-electron chi connectivity index (χ3n) is 5.79. The summed E-state index contributed by atoms with van der Waals surface area (Å²) in [5, 5.41) is 0. The second-order valence-electron chi connectivity index (χ2n) is 7.70. The van der Waals surface area contributed by atoms with E-state index in [1.165, 1.54) is 25.6 Å². The van der Waals surface area contributed by atoms with Gasteiger partial charge in [0.2, 0.25) is 11.7 Å². The van der Waals surface area contributed by atoms with Crippen LogP contribution in [-0.4, -0.2) is 113 Å². The van der Waals surface area contributed by atoms with Gasteiger partial charge >= 0.3 is 0 Å². The highest BCUT2D eigenvalue weighted by Crippen LogP contribution is 2.38. The molecular weight excluding hydrogens is 424 g/mol. The predicted octanol–water partition coefficient (Wildman–Crippen LogP) is -0.109. The van der Waals surface area contributed by atoms with Gasteiger partial charge in [0.1, 0.15) is 0 Å². The summed E-state index contributed by atoms with van der Waals surface area (Å²) in [6.07, 6.45) is 0.169. The molecular formula is C20H32N4O6S. The van der Waals surface area contributed by atoms with Crippen molar-refractivity contribution in [1.29, 1.82) is 0 Å². The van der Waals surface area contributed by atoms with Crippen LogP contribution in [0.25, 0.3) is 0 Å². The van der Waals surface area contributed by atoms with E-state index in [4.69, 9.17) is 14.2 Å². The molecule has 0 N–H and O–H groups in total. The maximum absolute atomic E-state index is 12.9. The van der Waals surface area contributed by atoms with Crippen molar-refractivity contribution in [2.45, 2.75) is 6.42 Å². The molecule has 2 aliphatic rings. The normalized spacial score (nSPS) is 19.3. The number of piperazine rings is 2. The monoisotopic (exact) mass is 456 g/mol. The molecule has 1 aromatic carbocycles.